The fraction of sp³-hybridized carbons (Fsp3) is 0.312. The molecule has 0 unspecified atom stereocenters. The van der Waals surface area contributed by atoms with E-state index < -0.39 is 5.41 Å². The predicted molar refractivity (Wildman–Crippen MR) is 94.2 cm³/mol. The molecule has 2 aromatic rings. The van der Waals surface area contributed by atoms with Gasteiger partial charge in [-0.2, -0.15) is 5.26 Å². The highest BCUT2D eigenvalue weighted by molar-refractivity contribution is 8.01. The van der Waals surface area contributed by atoms with Crippen molar-refractivity contribution < 1.29 is 9.59 Å². The Bertz CT molecular complexity index is 803. The van der Waals surface area contributed by atoms with E-state index >= 15 is 0 Å². The average molecular weight is 360 g/mol. The quantitative estimate of drug-likeness (QED) is 0.499. The molecule has 0 saturated heterocycles. The largest absolute Gasteiger partial charge is 0.300 e. The summed E-state index contributed by atoms with van der Waals surface area (Å²) in [5, 5.41) is 19.9. The molecule has 0 spiro atoms. The molecular formula is C16H16N4O2S2. The first-order valence-corrected chi connectivity index (χ1v) is 8.91. The molecular weight excluding hydrogens is 344 g/mol. The number of amides is 1. The SMILES string of the molecule is CC(C)(C)C(=O)Nc1nnc(SCC(=O)c2cccc(C#N)c2)s1. The molecule has 1 aromatic carbocycles. The molecule has 124 valence electrons. The van der Waals surface area contributed by atoms with E-state index in [1.54, 1.807) is 24.3 Å². The summed E-state index contributed by atoms with van der Waals surface area (Å²) in [6.45, 7) is 5.44. The number of nitriles is 1. The second-order valence-corrected chi connectivity index (χ2v) is 8.18. The van der Waals surface area contributed by atoms with E-state index in [9.17, 15) is 9.59 Å². The molecule has 0 atom stereocenters. The van der Waals surface area contributed by atoms with Gasteiger partial charge in [0.1, 0.15) is 0 Å². The molecule has 1 heterocycles. The average Bonchev–Trinajstić information content (AvgIpc) is 2.99. The van der Waals surface area contributed by atoms with Crippen molar-refractivity contribution in [2.24, 2.45) is 5.41 Å². The zero-order valence-electron chi connectivity index (χ0n) is 13.5. The number of thioether (sulfide) groups is 1. The Morgan fingerprint density at radius 1 is 1.33 bits per heavy atom. The minimum atomic E-state index is -0.513. The summed E-state index contributed by atoms with van der Waals surface area (Å²) in [5.74, 6) is -0.0383. The Kier molecular flexibility index (Phi) is 5.70. The lowest BCUT2D eigenvalue weighted by Crippen LogP contribution is -2.27. The number of Topliss-reactive ketones (excluding diaryl/α,β-unsaturated/α-hetero) is 1. The highest BCUT2D eigenvalue weighted by atomic mass is 32.2. The highest BCUT2D eigenvalue weighted by Crippen LogP contribution is 2.27. The van der Waals surface area contributed by atoms with Crippen LogP contribution in [0.5, 0.6) is 0 Å². The van der Waals surface area contributed by atoms with E-state index in [1.165, 1.54) is 23.1 Å². The summed E-state index contributed by atoms with van der Waals surface area (Å²) in [5.41, 5.74) is 0.432. The van der Waals surface area contributed by atoms with Crippen LogP contribution < -0.4 is 5.32 Å². The van der Waals surface area contributed by atoms with Crippen molar-refractivity contribution in [3.8, 4) is 6.07 Å². The van der Waals surface area contributed by atoms with Crippen molar-refractivity contribution in [2.75, 3.05) is 11.1 Å². The van der Waals surface area contributed by atoms with Gasteiger partial charge >= 0.3 is 0 Å². The molecule has 0 aliphatic carbocycles. The maximum Gasteiger partial charge on any atom is 0.231 e. The number of hydrogen-bond donors (Lipinski definition) is 1. The third kappa shape index (κ3) is 4.88. The van der Waals surface area contributed by atoms with Gasteiger partial charge in [0.25, 0.3) is 0 Å². The summed E-state index contributed by atoms with van der Waals surface area (Å²) < 4.78 is 0.601. The van der Waals surface area contributed by atoms with Crippen LogP contribution in [0.25, 0.3) is 0 Å². The van der Waals surface area contributed by atoms with Gasteiger partial charge in [-0.05, 0) is 12.1 Å². The summed E-state index contributed by atoms with van der Waals surface area (Å²) in [6.07, 6.45) is 0. The highest BCUT2D eigenvalue weighted by Gasteiger charge is 2.22. The van der Waals surface area contributed by atoms with Gasteiger partial charge in [0.15, 0.2) is 10.1 Å². The van der Waals surface area contributed by atoms with E-state index in [-0.39, 0.29) is 17.4 Å². The van der Waals surface area contributed by atoms with Crippen LogP contribution in [-0.4, -0.2) is 27.6 Å². The molecule has 24 heavy (non-hydrogen) atoms. The summed E-state index contributed by atoms with van der Waals surface area (Å²) in [6, 6.07) is 8.59. The fourth-order valence-corrected chi connectivity index (χ4v) is 3.22. The molecule has 1 aromatic heterocycles. The molecule has 6 nitrogen and oxygen atoms in total. The van der Waals surface area contributed by atoms with Crippen molar-refractivity contribution >= 4 is 39.9 Å². The molecule has 1 amide bonds. The third-order valence-electron chi connectivity index (χ3n) is 2.95. The van der Waals surface area contributed by atoms with Gasteiger partial charge in [-0.25, -0.2) is 0 Å². The van der Waals surface area contributed by atoms with Crippen LogP contribution in [0.1, 0.15) is 36.7 Å². The lowest BCUT2D eigenvalue weighted by molar-refractivity contribution is -0.123. The zero-order chi connectivity index (χ0) is 17.7. The summed E-state index contributed by atoms with van der Waals surface area (Å²) >= 11 is 2.48. The topological polar surface area (TPSA) is 95.7 Å². The van der Waals surface area contributed by atoms with Crippen LogP contribution >= 0.6 is 23.1 Å². The van der Waals surface area contributed by atoms with Gasteiger partial charge < -0.3 is 5.32 Å². The second kappa shape index (κ2) is 7.55. The van der Waals surface area contributed by atoms with Crippen LogP contribution in [0.15, 0.2) is 28.6 Å². The van der Waals surface area contributed by atoms with Gasteiger partial charge in [0.2, 0.25) is 11.0 Å². The number of hydrogen-bond acceptors (Lipinski definition) is 7. The van der Waals surface area contributed by atoms with Crippen molar-refractivity contribution in [2.45, 2.75) is 25.1 Å². The Morgan fingerprint density at radius 3 is 2.75 bits per heavy atom. The van der Waals surface area contributed by atoms with Crippen LogP contribution in [0.4, 0.5) is 5.13 Å². The number of rotatable bonds is 5. The minimum Gasteiger partial charge on any atom is -0.300 e. The predicted octanol–water partition coefficient (Wildman–Crippen LogP) is 3.37. The molecule has 0 aliphatic heterocycles. The Balaban J connectivity index is 1.94. The Labute approximate surface area is 148 Å². The van der Waals surface area contributed by atoms with E-state index in [0.717, 1.165) is 0 Å². The number of carbonyl (C=O) groups excluding carboxylic acids is 2. The first-order chi connectivity index (χ1) is 11.3. The summed E-state index contributed by atoms with van der Waals surface area (Å²) in [7, 11) is 0. The Hall–Kier alpha value is -2.24. The van der Waals surface area contributed by atoms with Crippen molar-refractivity contribution in [1.29, 1.82) is 5.26 Å². The van der Waals surface area contributed by atoms with Gasteiger partial charge in [0.05, 0.1) is 17.4 Å². The molecule has 0 bridgehead atoms. The molecule has 0 fully saturated rings. The van der Waals surface area contributed by atoms with E-state index in [1.807, 2.05) is 26.8 Å². The first-order valence-electron chi connectivity index (χ1n) is 7.11. The second-order valence-electron chi connectivity index (χ2n) is 5.98. The molecule has 1 N–H and O–H groups in total. The van der Waals surface area contributed by atoms with Crippen LogP contribution in [0.3, 0.4) is 0 Å². The van der Waals surface area contributed by atoms with Gasteiger partial charge in [-0.1, -0.05) is 56.0 Å². The van der Waals surface area contributed by atoms with Crippen molar-refractivity contribution in [3.05, 3.63) is 35.4 Å². The first kappa shape index (κ1) is 18.1. The number of carbonyl (C=O) groups is 2. The maximum absolute atomic E-state index is 12.2. The number of aromatic nitrogens is 2. The Morgan fingerprint density at radius 2 is 2.08 bits per heavy atom. The third-order valence-corrected chi connectivity index (χ3v) is 4.92. The van der Waals surface area contributed by atoms with Crippen LogP contribution in [0.2, 0.25) is 0 Å². The minimum absolute atomic E-state index is 0.0902. The monoisotopic (exact) mass is 360 g/mol. The number of anilines is 1. The fourth-order valence-electron chi connectivity index (χ4n) is 1.58. The van der Waals surface area contributed by atoms with E-state index in [2.05, 4.69) is 15.5 Å². The van der Waals surface area contributed by atoms with Crippen molar-refractivity contribution in [3.63, 3.8) is 0 Å². The maximum atomic E-state index is 12.2. The standard InChI is InChI=1S/C16H16N4O2S2/c1-16(2,3)13(22)18-14-19-20-15(24-14)23-9-12(21)11-6-4-5-10(7-11)8-17/h4-7H,9H2,1-3H3,(H,18,19,22). The van der Waals surface area contributed by atoms with E-state index in [0.29, 0.717) is 20.6 Å². The number of ketones is 1. The van der Waals surface area contributed by atoms with Crippen molar-refractivity contribution in [1.82, 2.24) is 10.2 Å². The van der Waals surface area contributed by atoms with Crippen LogP contribution in [0, 0.1) is 16.7 Å². The normalized spacial score (nSPS) is 10.9. The van der Waals surface area contributed by atoms with Crippen LogP contribution in [-0.2, 0) is 4.79 Å². The molecule has 0 aliphatic rings. The van der Waals surface area contributed by atoms with Gasteiger partial charge in [0, 0.05) is 11.0 Å². The molecule has 0 saturated carbocycles. The summed E-state index contributed by atoms with van der Waals surface area (Å²) in [4.78, 5) is 24.1. The smallest absolute Gasteiger partial charge is 0.231 e. The zero-order valence-corrected chi connectivity index (χ0v) is 15.1. The number of nitrogens with one attached hydrogen (secondary N) is 1. The lowest BCUT2D eigenvalue weighted by Gasteiger charge is -2.15. The van der Waals surface area contributed by atoms with Gasteiger partial charge in [-0.3, -0.25) is 9.59 Å². The lowest BCUT2D eigenvalue weighted by atomic mass is 9.96. The molecule has 8 heteroatoms. The number of benzene rings is 1. The van der Waals surface area contributed by atoms with Gasteiger partial charge in [-0.15, -0.1) is 10.2 Å². The molecule has 0 radical (unpaired) electrons. The number of nitrogens with zero attached hydrogens (tertiary/aromatic N) is 3. The van der Waals surface area contributed by atoms with E-state index in [4.69, 9.17) is 5.26 Å². The molecule has 2 rings (SSSR count).